The Kier molecular flexibility index (Phi) is 3.81. The molecule has 10 heavy (non-hydrogen) atoms. The van der Waals surface area contributed by atoms with Crippen LogP contribution in [-0.4, -0.2) is 13.1 Å². The minimum absolute atomic E-state index is 1.07. The summed E-state index contributed by atoms with van der Waals surface area (Å²) in [5, 5.41) is 3.29. The normalized spacial score (nSPS) is 20.1. The summed E-state index contributed by atoms with van der Waals surface area (Å²) >= 11 is 0. The molecule has 0 aromatic rings. The predicted molar refractivity (Wildman–Crippen MR) is 43.6 cm³/mol. The van der Waals surface area contributed by atoms with Gasteiger partial charge in [0, 0.05) is 0 Å². The lowest BCUT2D eigenvalue weighted by Gasteiger charge is -2.06. The van der Waals surface area contributed by atoms with Gasteiger partial charge in [0.15, 0.2) is 0 Å². The Labute approximate surface area is 64.2 Å². The molecule has 1 saturated carbocycles. The Hall–Kier alpha value is -0.0400. The summed E-state index contributed by atoms with van der Waals surface area (Å²) in [6.45, 7) is 4.30. The summed E-state index contributed by atoms with van der Waals surface area (Å²) in [5.74, 6) is 1.43. The minimum Gasteiger partial charge on any atom is -0.317 e. The first kappa shape index (κ1) is 8.06. The molecule has 0 spiro atoms. The molecule has 1 nitrogen and oxygen atoms in total. The van der Waals surface area contributed by atoms with Gasteiger partial charge in [-0.2, -0.15) is 0 Å². The highest BCUT2D eigenvalue weighted by Gasteiger charge is 2.15. The minimum atomic E-state index is 1.07. The van der Waals surface area contributed by atoms with Crippen molar-refractivity contribution in [3.05, 3.63) is 31.6 Å². The smallest absolute Gasteiger partial charge is 0.00433 e. The van der Waals surface area contributed by atoms with Crippen LogP contribution in [0.2, 0.25) is 0 Å². The first-order chi connectivity index (χ1) is 4.93. The quantitative estimate of drug-likeness (QED) is 0.576. The van der Waals surface area contributed by atoms with Crippen LogP contribution in [-0.2, 0) is 0 Å². The lowest BCUT2D eigenvalue weighted by Crippen LogP contribution is -2.15. The van der Waals surface area contributed by atoms with Gasteiger partial charge in [0.1, 0.15) is 0 Å². The van der Waals surface area contributed by atoms with E-state index in [0.29, 0.717) is 0 Å². The van der Waals surface area contributed by atoms with Gasteiger partial charge in [-0.1, -0.05) is 6.92 Å². The fourth-order valence-corrected chi connectivity index (χ4v) is 0.990. The van der Waals surface area contributed by atoms with E-state index in [1.165, 1.54) is 5.92 Å². The average molecular weight is 136 g/mol. The van der Waals surface area contributed by atoms with Gasteiger partial charge >= 0.3 is 0 Å². The molecule has 1 heteroatoms. The third kappa shape index (κ3) is 2.70. The Bertz CT molecular complexity index is 74.8. The first-order valence-corrected chi connectivity index (χ1v) is 3.85. The molecular weight excluding hydrogens is 122 g/mol. The number of nitrogens with one attached hydrogen (secondary N) is 1. The topological polar surface area (TPSA) is 12.0 Å². The summed E-state index contributed by atoms with van der Waals surface area (Å²) in [4.78, 5) is 0. The Morgan fingerprint density at radius 1 is 1.30 bits per heavy atom. The van der Waals surface area contributed by atoms with Crippen LogP contribution in [0.5, 0.6) is 0 Å². The lowest BCUT2D eigenvalue weighted by atomic mass is 10.0. The maximum absolute atomic E-state index is 3.29. The molecule has 1 aliphatic carbocycles. The molecular formula is C9H14N. The molecule has 55 valence electrons. The van der Waals surface area contributed by atoms with Crippen LogP contribution in [0, 0.1) is 31.6 Å². The second-order valence-electron chi connectivity index (χ2n) is 2.40. The van der Waals surface area contributed by atoms with E-state index in [2.05, 4.69) is 37.9 Å². The van der Waals surface area contributed by atoms with Gasteiger partial charge in [-0.25, -0.2) is 0 Å². The van der Waals surface area contributed by atoms with Crippen molar-refractivity contribution in [2.24, 2.45) is 0 Å². The molecule has 0 aliphatic heterocycles. The number of hydrogen-bond acceptors (Lipinski definition) is 1. The SMILES string of the molecule is CCNCC[C]1[CH][CH][CH][CH]1. The highest BCUT2D eigenvalue weighted by Crippen LogP contribution is 2.25. The van der Waals surface area contributed by atoms with Crippen LogP contribution in [0.1, 0.15) is 13.3 Å². The number of rotatable bonds is 4. The van der Waals surface area contributed by atoms with Gasteiger partial charge in [-0.3, -0.25) is 0 Å². The molecule has 0 aromatic carbocycles. The van der Waals surface area contributed by atoms with Crippen LogP contribution >= 0.6 is 0 Å². The standard InChI is InChI=1S/C9H14N/c1-2-10-8-7-9-5-3-4-6-9/h3-6,10H,2,7-8H2,1H3. The van der Waals surface area contributed by atoms with E-state index in [4.69, 9.17) is 0 Å². The molecule has 0 unspecified atom stereocenters. The molecule has 1 rings (SSSR count). The second-order valence-corrected chi connectivity index (χ2v) is 2.40. The van der Waals surface area contributed by atoms with Gasteiger partial charge in [-0.05, 0) is 51.1 Å². The molecule has 0 heterocycles. The van der Waals surface area contributed by atoms with Crippen LogP contribution in [0.3, 0.4) is 0 Å². The summed E-state index contributed by atoms with van der Waals surface area (Å²) in [7, 11) is 0. The maximum Gasteiger partial charge on any atom is -0.00433 e. The Balaban J connectivity index is 1.91. The molecule has 0 saturated heterocycles. The lowest BCUT2D eigenvalue weighted by molar-refractivity contribution is 0.696. The summed E-state index contributed by atoms with van der Waals surface area (Å²) in [5.41, 5.74) is 0. The van der Waals surface area contributed by atoms with Gasteiger partial charge in [0.05, 0.1) is 0 Å². The zero-order chi connectivity index (χ0) is 7.23. The third-order valence-electron chi connectivity index (χ3n) is 1.57. The van der Waals surface area contributed by atoms with Gasteiger partial charge in [0.2, 0.25) is 0 Å². The van der Waals surface area contributed by atoms with Crippen molar-refractivity contribution in [3.63, 3.8) is 0 Å². The summed E-state index contributed by atoms with van der Waals surface area (Å²) in [6, 6.07) is 0. The first-order valence-electron chi connectivity index (χ1n) is 3.85. The van der Waals surface area contributed by atoms with Crippen LogP contribution in [0.15, 0.2) is 0 Å². The van der Waals surface area contributed by atoms with Crippen LogP contribution in [0.4, 0.5) is 0 Å². The predicted octanol–water partition coefficient (Wildman–Crippen LogP) is 1.39. The van der Waals surface area contributed by atoms with E-state index < -0.39 is 0 Å². The van der Waals surface area contributed by atoms with Gasteiger partial charge in [0.25, 0.3) is 0 Å². The Morgan fingerprint density at radius 3 is 2.60 bits per heavy atom. The molecule has 1 aliphatic rings. The van der Waals surface area contributed by atoms with Crippen molar-refractivity contribution >= 4 is 0 Å². The monoisotopic (exact) mass is 136 g/mol. The van der Waals surface area contributed by atoms with Gasteiger partial charge < -0.3 is 5.32 Å². The molecule has 1 fully saturated rings. The zero-order valence-corrected chi connectivity index (χ0v) is 6.43. The van der Waals surface area contributed by atoms with E-state index in [0.717, 1.165) is 19.5 Å². The van der Waals surface area contributed by atoms with E-state index in [1.807, 2.05) is 0 Å². The molecule has 5 radical (unpaired) electrons. The largest absolute Gasteiger partial charge is 0.317 e. The van der Waals surface area contributed by atoms with E-state index in [-0.39, 0.29) is 0 Å². The van der Waals surface area contributed by atoms with Crippen LogP contribution < -0.4 is 5.32 Å². The summed E-state index contributed by atoms with van der Waals surface area (Å²) < 4.78 is 0. The summed E-state index contributed by atoms with van der Waals surface area (Å²) in [6.07, 6.45) is 9.65. The third-order valence-corrected chi connectivity index (χ3v) is 1.57. The molecule has 0 bridgehead atoms. The molecule has 0 atom stereocenters. The van der Waals surface area contributed by atoms with E-state index in [9.17, 15) is 0 Å². The van der Waals surface area contributed by atoms with E-state index in [1.54, 1.807) is 0 Å². The average Bonchev–Trinajstić information content (AvgIpc) is 2.41. The van der Waals surface area contributed by atoms with Crippen molar-refractivity contribution in [2.75, 3.05) is 13.1 Å². The number of hydrogen-bond donors (Lipinski definition) is 1. The van der Waals surface area contributed by atoms with Crippen molar-refractivity contribution in [1.82, 2.24) is 5.32 Å². The maximum atomic E-state index is 3.29. The molecule has 0 amide bonds. The van der Waals surface area contributed by atoms with Crippen molar-refractivity contribution in [1.29, 1.82) is 0 Å². The second kappa shape index (κ2) is 4.73. The highest BCUT2D eigenvalue weighted by molar-refractivity contribution is 5.35. The Morgan fingerprint density at radius 2 is 2.00 bits per heavy atom. The van der Waals surface area contributed by atoms with Crippen molar-refractivity contribution in [2.45, 2.75) is 13.3 Å². The fraction of sp³-hybridized carbons (Fsp3) is 0.444. The highest BCUT2D eigenvalue weighted by atomic mass is 14.8. The van der Waals surface area contributed by atoms with E-state index >= 15 is 0 Å². The zero-order valence-electron chi connectivity index (χ0n) is 6.43. The van der Waals surface area contributed by atoms with Crippen LogP contribution in [0.25, 0.3) is 0 Å². The molecule has 1 N–H and O–H groups in total. The van der Waals surface area contributed by atoms with Crippen molar-refractivity contribution in [3.8, 4) is 0 Å². The van der Waals surface area contributed by atoms with Crippen molar-refractivity contribution < 1.29 is 0 Å². The van der Waals surface area contributed by atoms with Gasteiger partial charge in [-0.15, -0.1) is 0 Å². The molecule has 0 aromatic heterocycles. The fourth-order valence-electron chi connectivity index (χ4n) is 0.990.